The molecule has 2 aromatic rings. The van der Waals surface area contributed by atoms with Crippen LogP contribution in [0.25, 0.3) is 11.0 Å². The van der Waals surface area contributed by atoms with Crippen molar-refractivity contribution in [3.8, 4) is 0 Å². The van der Waals surface area contributed by atoms with Crippen molar-refractivity contribution in [3.63, 3.8) is 0 Å². The summed E-state index contributed by atoms with van der Waals surface area (Å²) in [6, 6.07) is 5.91. The van der Waals surface area contributed by atoms with E-state index in [9.17, 15) is 0 Å². The van der Waals surface area contributed by atoms with E-state index in [1.54, 1.807) is 0 Å². The first-order valence-corrected chi connectivity index (χ1v) is 5.33. The third kappa shape index (κ3) is 1.47. The van der Waals surface area contributed by atoms with Crippen molar-refractivity contribution in [1.82, 2.24) is 0 Å². The Bertz CT molecular complexity index is 473. The van der Waals surface area contributed by atoms with Crippen molar-refractivity contribution in [2.45, 2.75) is 19.9 Å². The number of hydrogen-bond acceptors (Lipinski definition) is 2. The molecule has 1 atom stereocenters. The van der Waals surface area contributed by atoms with Crippen molar-refractivity contribution in [1.29, 1.82) is 0 Å². The van der Waals surface area contributed by atoms with Gasteiger partial charge in [0, 0.05) is 9.86 Å². The topological polar surface area (TPSA) is 39.2 Å². The van der Waals surface area contributed by atoms with E-state index in [0.717, 1.165) is 21.2 Å². The van der Waals surface area contributed by atoms with Crippen LogP contribution < -0.4 is 5.73 Å². The number of halogens is 1. The van der Waals surface area contributed by atoms with E-state index in [-0.39, 0.29) is 6.04 Å². The van der Waals surface area contributed by atoms with Gasteiger partial charge in [0.25, 0.3) is 0 Å². The van der Waals surface area contributed by atoms with Crippen LogP contribution in [0.2, 0.25) is 0 Å². The highest BCUT2D eigenvalue weighted by Crippen LogP contribution is 2.29. The van der Waals surface area contributed by atoms with E-state index in [4.69, 9.17) is 10.2 Å². The normalized spacial score (nSPS) is 13.4. The fraction of sp³-hybridized carbons (Fsp3) is 0.273. The lowest BCUT2D eigenvalue weighted by molar-refractivity contribution is 0.513. The van der Waals surface area contributed by atoms with E-state index >= 15 is 0 Å². The van der Waals surface area contributed by atoms with Gasteiger partial charge in [-0.1, -0.05) is 15.9 Å². The molecule has 0 aliphatic rings. The summed E-state index contributed by atoms with van der Waals surface area (Å²) in [7, 11) is 0. The molecule has 0 bridgehead atoms. The maximum absolute atomic E-state index is 5.76. The molecule has 14 heavy (non-hydrogen) atoms. The molecule has 0 amide bonds. The first-order valence-electron chi connectivity index (χ1n) is 4.53. The lowest BCUT2D eigenvalue weighted by Crippen LogP contribution is -2.02. The SMILES string of the molecule is Cc1c(Br)ccc2oc(C(C)N)cc12. The number of furan rings is 1. The third-order valence-electron chi connectivity index (χ3n) is 2.37. The average Bonchev–Trinajstić information content (AvgIpc) is 2.56. The van der Waals surface area contributed by atoms with Crippen LogP contribution in [0.5, 0.6) is 0 Å². The molecule has 1 aromatic carbocycles. The van der Waals surface area contributed by atoms with Crippen molar-refractivity contribution in [3.05, 3.63) is 34.0 Å². The highest BCUT2D eigenvalue weighted by atomic mass is 79.9. The predicted octanol–water partition coefficient (Wildman–Crippen LogP) is 3.52. The molecule has 2 N–H and O–H groups in total. The maximum Gasteiger partial charge on any atom is 0.134 e. The monoisotopic (exact) mass is 253 g/mol. The van der Waals surface area contributed by atoms with Crippen LogP contribution in [0.1, 0.15) is 24.3 Å². The summed E-state index contributed by atoms with van der Waals surface area (Å²) in [6.45, 7) is 3.98. The van der Waals surface area contributed by atoms with Crippen LogP contribution in [0.4, 0.5) is 0 Å². The van der Waals surface area contributed by atoms with E-state index in [2.05, 4.69) is 22.9 Å². The summed E-state index contributed by atoms with van der Waals surface area (Å²) >= 11 is 3.49. The Hall–Kier alpha value is -0.800. The molecule has 1 aromatic heterocycles. The van der Waals surface area contributed by atoms with Crippen molar-refractivity contribution < 1.29 is 4.42 Å². The number of fused-ring (bicyclic) bond motifs is 1. The highest BCUT2D eigenvalue weighted by Gasteiger charge is 2.10. The van der Waals surface area contributed by atoms with E-state index in [0.29, 0.717) is 0 Å². The van der Waals surface area contributed by atoms with Gasteiger partial charge >= 0.3 is 0 Å². The molecule has 2 rings (SSSR count). The van der Waals surface area contributed by atoms with Gasteiger partial charge < -0.3 is 10.2 Å². The van der Waals surface area contributed by atoms with E-state index < -0.39 is 0 Å². The minimum Gasteiger partial charge on any atom is -0.459 e. The number of hydrogen-bond donors (Lipinski definition) is 1. The first-order chi connectivity index (χ1) is 6.59. The summed E-state index contributed by atoms with van der Waals surface area (Å²) in [6.07, 6.45) is 0. The molecule has 74 valence electrons. The third-order valence-corrected chi connectivity index (χ3v) is 3.23. The summed E-state index contributed by atoms with van der Waals surface area (Å²) in [5, 5.41) is 1.13. The lowest BCUT2D eigenvalue weighted by atomic mass is 10.1. The van der Waals surface area contributed by atoms with E-state index in [1.165, 1.54) is 5.56 Å². The first kappa shape index (κ1) is 9.74. The molecule has 3 heteroatoms. The Kier molecular flexibility index (Phi) is 2.37. The minimum absolute atomic E-state index is 0.0550. The molecule has 0 saturated heterocycles. The molecule has 0 aliphatic heterocycles. The van der Waals surface area contributed by atoms with Crippen molar-refractivity contribution in [2.24, 2.45) is 5.73 Å². The molecule has 2 nitrogen and oxygen atoms in total. The van der Waals surface area contributed by atoms with Gasteiger partial charge in [-0.3, -0.25) is 0 Å². The summed E-state index contributed by atoms with van der Waals surface area (Å²) in [4.78, 5) is 0. The smallest absolute Gasteiger partial charge is 0.134 e. The number of nitrogens with two attached hydrogens (primary N) is 1. The highest BCUT2D eigenvalue weighted by molar-refractivity contribution is 9.10. The standard InChI is InChI=1S/C11H12BrNO/c1-6-8-5-11(7(2)13)14-10(8)4-3-9(6)12/h3-5,7H,13H2,1-2H3. The maximum atomic E-state index is 5.76. The van der Waals surface area contributed by atoms with Crippen LogP contribution in [-0.4, -0.2) is 0 Å². The molecule has 0 spiro atoms. The van der Waals surface area contributed by atoms with Gasteiger partial charge in [-0.05, 0) is 37.6 Å². The van der Waals surface area contributed by atoms with Crippen molar-refractivity contribution >= 4 is 26.9 Å². The summed E-state index contributed by atoms with van der Waals surface area (Å²) in [5.41, 5.74) is 7.85. The molecular formula is C11H12BrNO. The molecular weight excluding hydrogens is 242 g/mol. The van der Waals surface area contributed by atoms with Gasteiger partial charge in [0.15, 0.2) is 0 Å². The van der Waals surface area contributed by atoms with Gasteiger partial charge in [-0.15, -0.1) is 0 Å². The Morgan fingerprint density at radius 3 is 2.79 bits per heavy atom. The Morgan fingerprint density at radius 2 is 2.14 bits per heavy atom. The zero-order valence-corrected chi connectivity index (χ0v) is 9.76. The largest absolute Gasteiger partial charge is 0.459 e. The molecule has 0 aliphatic carbocycles. The molecule has 0 radical (unpaired) electrons. The van der Waals surface area contributed by atoms with Gasteiger partial charge in [0.1, 0.15) is 11.3 Å². The van der Waals surface area contributed by atoms with Gasteiger partial charge in [0.05, 0.1) is 6.04 Å². The Morgan fingerprint density at radius 1 is 1.43 bits per heavy atom. The zero-order valence-electron chi connectivity index (χ0n) is 8.17. The van der Waals surface area contributed by atoms with Gasteiger partial charge in [-0.25, -0.2) is 0 Å². The van der Waals surface area contributed by atoms with Gasteiger partial charge in [-0.2, -0.15) is 0 Å². The Balaban J connectivity index is 2.71. The van der Waals surface area contributed by atoms with E-state index in [1.807, 2.05) is 25.1 Å². The minimum atomic E-state index is -0.0550. The van der Waals surface area contributed by atoms with Crippen LogP contribution in [0, 0.1) is 6.92 Å². The average molecular weight is 254 g/mol. The number of rotatable bonds is 1. The molecule has 0 fully saturated rings. The van der Waals surface area contributed by atoms with Crippen molar-refractivity contribution in [2.75, 3.05) is 0 Å². The second-order valence-electron chi connectivity index (χ2n) is 3.52. The quantitative estimate of drug-likeness (QED) is 0.845. The van der Waals surface area contributed by atoms with Crippen LogP contribution in [0.15, 0.2) is 27.1 Å². The second-order valence-corrected chi connectivity index (χ2v) is 4.38. The number of aryl methyl sites for hydroxylation is 1. The fourth-order valence-corrected chi connectivity index (χ4v) is 1.81. The van der Waals surface area contributed by atoms with Crippen LogP contribution >= 0.6 is 15.9 Å². The summed E-state index contributed by atoms with van der Waals surface area (Å²) < 4.78 is 6.72. The Labute approximate surface area is 91.2 Å². The fourth-order valence-electron chi connectivity index (χ4n) is 1.47. The molecule has 0 saturated carbocycles. The lowest BCUT2D eigenvalue weighted by Gasteiger charge is -1.96. The van der Waals surface area contributed by atoms with Crippen LogP contribution in [0.3, 0.4) is 0 Å². The summed E-state index contributed by atoms with van der Waals surface area (Å²) in [5.74, 6) is 0.834. The second kappa shape index (κ2) is 3.41. The molecule has 1 unspecified atom stereocenters. The van der Waals surface area contributed by atoms with Crippen LogP contribution in [-0.2, 0) is 0 Å². The zero-order chi connectivity index (χ0) is 10.3. The van der Waals surface area contributed by atoms with Gasteiger partial charge in [0.2, 0.25) is 0 Å². The number of benzene rings is 1. The predicted molar refractivity (Wildman–Crippen MR) is 61.3 cm³/mol. The molecule has 1 heterocycles.